The lowest BCUT2D eigenvalue weighted by Gasteiger charge is -2.21. The fraction of sp³-hybridized carbons (Fsp3) is 0.727. The Morgan fingerprint density at radius 3 is 2.39 bits per heavy atom. The third kappa shape index (κ3) is 6.19. The van der Waals surface area contributed by atoms with Crippen LogP contribution < -0.4 is 11.1 Å². The van der Waals surface area contributed by atoms with E-state index in [9.17, 15) is 14.4 Å². The second-order valence-electron chi connectivity index (χ2n) is 3.87. The lowest BCUT2D eigenvalue weighted by atomic mass is 9.97. The number of esters is 1. The number of hydrogen-bond acceptors (Lipinski definition) is 5. The fourth-order valence-corrected chi connectivity index (χ4v) is 1.44. The van der Waals surface area contributed by atoms with Crippen molar-refractivity contribution in [2.75, 3.05) is 20.3 Å². The van der Waals surface area contributed by atoms with Crippen molar-refractivity contribution in [1.29, 1.82) is 0 Å². The van der Waals surface area contributed by atoms with Gasteiger partial charge in [-0.2, -0.15) is 0 Å². The van der Waals surface area contributed by atoms with E-state index in [4.69, 9.17) is 10.5 Å². The highest BCUT2D eigenvalue weighted by atomic mass is 16.5. The minimum Gasteiger partial charge on any atom is -0.466 e. The van der Waals surface area contributed by atoms with Crippen LogP contribution in [0.5, 0.6) is 0 Å². The predicted molar refractivity (Wildman–Crippen MR) is 63.4 cm³/mol. The molecule has 0 aromatic heterocycles. The number of ether oxygens (including phenoxy) is 2. The minimum absolute atomic E-state index is 0.00864. The van der Waals surface area contributed by atoms with Crippen LogP contribution in [0.3, 0.4) is 0 Å². The van der Waals surface area contributed by atoms with Crippen LogP contribution in [-0.4, -0.2) is 44.1 Å². The van der Waals surface area contributed by atoms with Gasteiger partial charge in [-0.1, -0.05) is 6.92 Å². The molecule has 104 valence electrons. The van der Waals surface area contributed by atoms with Crippen molar-refractivity contribution in [3.8, 4) is 0 Å². The van der Waals surface area contributed by atoms with E-state index in [1.807, 2.05) is 0 Å². The zero-order chi connectivity index (χ0) is 14.1. The van der Waals surface area contributed by atoms with E-state index in [1.165, 1.54) is 7.11 Å². The summed E-state index contributed by atoms with van der Waals surface area (Å²) in [6, 6.07) is -0.919. The first-order chi connectivity index (χ1) is 8.42. The van der Waals surface area contributed by atoms with Gasteiger partial charge in [-0.25, -0.2) is 0 Å². The molecular formula is C11H20N2O5. The summed E-state index contributed by atoms with van der Waals surface area (Å²) in [5.41, 5.74) is 5.19. The molecule has 7 heteroatoms. The van der Waals surface area contributed by atoms with E-state index in [0.29, 0.717) is 0 Å². The summed E-state index contributed by atoms with van der Waals surface area (Å²) in [4.78, 5) is 33.8. The molecule has 0 saturated heterocycles. The Kier molecular flexibility index (Phi) is 7.69. The summed E-state index contributed by atoms with van der Waals surface area (Å²) >= 11 is 0. The number of carbonyl (C=O) groups is 3. The molecular weight excluding hydrogens is 240 g/mol. The molecule has 7 nitrogen and oxygen atoms in total. The molecule has 0 aliphatic heterocycles. The number of carbonyl (C=O) groups excluding carboxylic acids is 3. The van der Waals surface area contributed by atoms with Crippen LogP contribution in [0.2, 0.25) is 0 Å². The molecule has 0 radical (unpaired) electrons. The highest BCUT2D eigenvalue weighted by Gasteiger charge is 2.26. The summed E-state index contributed by atoms with van der Waals surface area (Å²) in [6.45, 7) is 3.42. The van der Waals surface area contributed by atoms with Crippen molar-refractivity contribution < 1.29 is 23.9 Å². The predicted octanol–water partition coefficient (Wildman–Crippen LogP) is -0.808. The number of primary amides is 1. The first-order valence-corrected chi connectivity index (χ1v) is 5.65. The monoisotopic (exact) mass is 260 g/mol. The highest BCUT2D eigenvalue weighted by molar-refractivity contribution is 5.87. The summed E-state index contributed by atoms with van der Waals surface area (Å²) in [7, 11) is 1.36. The van der Waals surface area contributed by atoms with Crippen molar-refractivity contribution in [2.24, 2.45) is 11.7 Å². The molecule has 2 amide bonds. The number of hydrogen-bond donors (Lipinski definition) is 2. The maximum absolute atomic E-state index is 11.3. The normalized spacial score (nSPS) is 13.5. The SMILES string of the molecule is CCOC(=O)C[C@H](C)[C@H](NC(=O)COC)C(N)=O. The van der Waals surface area contributed by atoms with Crippen molar-refractivity contribution >= 4 is 17.8 Å². The molecule has 0 bridgehead atoms. The number of nitrogens with one attached hydrogen (secondary N) is 1. The third-order valence-electron chi connectivity index (χ3n) is 2.26. The maximum atomic E-state index is 11.3. The Balaban J connectivity index is 4.45. The largest absolute Gasteiger partial charge is 0.466 e. The number of nitrogens with two attached hydrogens (primary N) is 1. The van der Waals surface area contributed by atoms with E-state index in [-0.39, 0.29) is 19.6 Å². The Labute approximate surface area is 106 Å². The van der Waals surface area contributed by atoms with Crippen LogP contribution in [0.25, 0.3) is 0 Å². The quantitative estimate of drug-likeness (QED) is 0.555. The topological polar surface area (TPSA) is 108 Å². The number of rotatable bonds is 8. The molecule has 3 N–H and O–H groups in total. The van der Waals surface area contributed by atoms with E-state index < -0.39 is 29.7 Å². The molecule has 0 aliphatic carbocycles. The lowest BCUT2D eigenvalue weighted by Crippen LogP contribution is -2.49. The van der Waals surface area contributed by atoms with Crippen molar-refractivity contribution in [3.05, 3.63) is 0 Å². The highest BCUT2D eigenvalue weighted by Crippen LogP contribution is 2.09. The Morgan fingerprint density at radius 1 is 1.33 bits per heavy atom. The first-order valence-electron chi connectivity index (χ1n) is 5.65. The maximum Gasteiger partial charge on any atom is 0.306 e. The second-order valence-corrected chi connectivity index (χ2v) is 3.87. The van der Waals surface area contributed by atoms with Gasteiger partial charge in [0.25, 0.3) is 0 Å². The standard InChI is InChI=1S/C11H20N2O5/c1-4-18-9(15)5-7(2)10(11(12)16)13-8(14)6-17-3/h7,10H,4-6H2,1-3H3,(H2,12,16)(H,13,14)/t7-,10-/m0/s1. The zero-order valence-electron chi connectivity index (χ0n) is 10.9. The molecule has 0 rings (SSSR count). The Morgan fingerprint density at radius 2 is 1.94 bits per heavy atom. The van der Waals surface area contributed by atoms with Crippen molar-refractivity contribution in [3.63, 3.8) is 0 Å². The molecule has 0 fully saturated rings. The van der Waals surface area contributed by atoms with E-state index in [0.717, 1.165) is 0 Å². The molecule has 0 aliphatic rings. The minimum atomic E-state index is -0.919. The van der Waals surface area contributed by atoms with Gasteiger partial charge < -0.3 is 20.5 Å². The van der Waals surface area contributed by atoms with Gasteiger partial charge in [-0.3, -0.25) is 14.4 Å². The Bertz CT molecular complexity index is 306. The van der Waals surface area contributed by atoms with Crippen LogP contribution in [0.4, 0.5) is 0 Å². The average molecular weight is 260 g/mol. The smallest absolute Gasteiger partial charge is 0.306 e. The molecule has 0 unspecified atom stereocenters. The molecule has 2 atom stereocenters. The van der Waals surface area contributed by atoms with Crippen LogP contribution >= 0.6 is 0 Å². The molecule has 0 heterocycles. The average Bonchev–Trinajstić information content (AvgIpc) is 2.25. The molecule has 0 spiro atoms. The molecule has 0 aromatic carbocycles. The summed E-state index contributed by atoms with van der Waals surface area (Å²) in [5, 5.41) is 2.42. The van der Waals surface area contributed by atoms with Crippen LogP contribution in [0.1, 0.15) is 20.3 Å². The number of methoxy groups -OCH3 is 1. The van der Waals surface area contributed by atoms with E-state index in [2.05, 4.69) is 10.1 Å². The fourth-order valence-electron chi connectivity index (χ4n) is 1.44. The lowest BCUT2D eigenvalue weighted by molar-refractivity contribution is -0.145. The van der Waals surface area contributed by atoms with Gasteiger partial charge in [-0.05, 0) is 12.8 Å². The zero-order valence-corrected chi connectivity index (χ0v) is 10.9. The van der Waals surface area contributed by atoms with Crippen LogP contribution in [-0.2, 0) is 23.9 Å². The first kappa shape index (κ1) is 16.4. The summed E-state index contributed by atoms with van der Waals surface area (Å²) in [6.07, 6.45) is 0.00864. The molecule has 0 saturated carbocycles. The Hall–Kier alpha value is -1.63. The molecule has 0 aromatic rings. The van der Waals surface area contributed by atoms with Gasteiger partial charge in [0.15, 0.2) is 0 Å². The van der Waals surface area contributed by atoms with Gasteiger partial charge in [0.2, 0.25) is 11.8 Å². The number of amides is 2. The van der Waals surface area contributed by atoms with E-state index >= 15 is 0 Å². The van der Waals surface area contributed by atoms with Gasteiger partial charge in [-0.15, -0.1) is 0 Å². The van der Waals surface area contributed by atoms with Crippen LogP contribution in [0, 0.1) is 5.92 Å². The summed E-state index contributed by atoms with van der Waals surface area (Å²) in [5.74, 6) is -2.03. The summed E-state index contributed by atoms with van der Waals surface area (Å²) < 4.78 is 9.39. The van der Waals surface area contributed by atoms with Gasteiger partial charge in [0, 0.05) is 7.11 Å². The third-order valence-corrected chi connectivity index (χ3v) is 2.26. The van der Waals surface area contributed by atoms with E-state index in [1.54, 1.807) is 13.8 Å². The molecule has 18 heavy (non-hydrogen) atoms. The second kappa shape index (κ2) is 8.46. The van der Waals surface area contributed by atoms with Gasteiger partial charge >= 0.3 is 5.97 Å². The van der Waals surface area contributed by atoms with Gasteiger partial charge in [0.1, 0.15) is 12.6 Å². The van der Waals surface area contributed by atoms with Crippen molar-refractivity contribution in [2.45, 2.75) is 26.3 Å². The van der Waals surface area contributed by atoms with Crippen molar-refractivity contribution in [1.82, 2.24) is 5.32 Å². The van der Waals surface area contributed by atoms with Gasteiger partial charge in [0.05, 0.1) is 13.0 Å². The van der Waals surface area contributed by atoms with Crippen LogP contribution in [0.15, 0.2) is 0 Å².